The molecule has 0 aliphatic heterocycles. The van der Waals surface area contributed by atoms with Gasteiger partial charge in [-0.05, 0) is 0 Å². The zero-order valence-electron chi connectivity index (χ0n) is 8.76. The maximum atomic E-state index is 12.6. The van der Waals surface area contributed by atoms with Crippen LogP contribution in [0.1, 0.15) is 17.7 Å². The summed E-state index contributed by atoms with van der Waals surface area (Å²) in [5.41, 5.74) is -2.04. The van der Waals surface area contributed by atoms with E-state index in [0.29, 0.717) is 0 Å². The Morgan fingerprint density at radius 2 is 2.00 bits per heavy atom. The molecule has 1 aromatic rings. The number of hydrogen-bond donors (Lipinski definition) is 0. The van der Waals surface area contributed by atoms with Gasteiger partial charge in [0.05, 0.1) is 7.11 Å². The molecule has 0 atom stereocenters. The van der Waals surface area contributed by atoms with Gasteiger partial charge in [-0.15, -0.1) is 13.2 Å². The zero-order valence-corrected chi connectivity index (χ0v) is 8.76. The lowest BCUT2D eigenvalue weighted by molar-refractivity contribution is -0.275. The smallest absolute Gasteiger partial charge is 0.481 e. The SMILES string of the molecule is COc1cc(C#N)c(OC(F)(F)F)c(C(F)F)n1. The van der Waals surface area contributed by atoms with Crippen molar-refractivity contribution >= 4 is 0 Å². The van der Waals surface area contributed by atoms with E-state index in [2.05, 4.69) is 14.5 Å². The Kier molecular flexibility index (Phi) is 3.90. The number of alkyl halides is 5. The van der Waals surface area contributed by atoms with Crippen molar-refractivity contribution in [3.05, 3.63) is 17.3 Å². The monoisotopic (exact) mass is 268 g/mol. The second kappa shape index (κ2) is 5.03. The topological polar surface area (TPSA) is 55.1 Å². The van der Waals surface area contributed by atoms with Crippen LogP contribution in [0.3, 0.4) is 0 Å². The lowest BCUT2D eigenvalue weighted by Crippen LogP contribution is -2.19. The van der Waals surface area contributed by atoms with Crippen molar-refractivity contribution in [1.29, 1.82) is 5.26 Å². The lowest BCUT2D eigenvalue weighted by Gasteiger charge is -2.14. The number of nitrogens with zero attached hydrogens (tertiary/aromatic N) is 2. The predicted molar refractivity (Wildman–Crippen MR) is 47.1 cm³/mol. The number of hydrogen-bond acceptors (Lipinski definition) is 4. The number of ether oxygens (including phenoxy) is 2. The quantitative estimate of drug-likeness (QED) is 0.791. The van der Waals surface area contributed by atoms with Gasteiger partial charge in [-0.2, -0.15) is 5.26 Å². The van der Waals surface area contributed by atoms with Crippen LogP contribution in [0.25, 0.3) is 0 Å². The highest BCUT2D eigenvalue weighted by Crippen LogP contribution is 2.36. The highest BCUT2D eigenvalue weighted by atomic mass is 19.4. The molecule has 1 heterocycles. The van der Waals surface area contributed by atoms with E-state index in [-0.39, 0.29) is 0 Å². The van der Waals surface area contributed by atoms with Crippen molar-refractivity contribution in [2.24, 2.45) is 0 Å². The van der Waals surface area contributed by atoms with Crippen molar-refractivity contribution in [3.63, 3.8) is 0 Å². The molecular formula is C9H5F5N2O2. The van der Waals surface area contributed by atoms with Crippen LogP contribution in [-0.2, 0) is 0 Å². The Labute approximate surface area is 97.6 Å². The molecule has 1 aromatic heterocycles. The third-order valence-corrected chi connectivity index (χ3v) is 1.73. The zero-order chi connectivity index (χ0) is 13.9. The lowest BCUT2D eigenvalue weighted by atomic mass is 10.2. The molecular weight excluding hydrogens is 263 g/mol. The van der Waals surface area contributed by atoms with Crippen molar-refractivity contribution < 1.29 is 31.4 Å². The molecule has 0 saturated heterocycles. The highest BCUT2D eigenvalue weighted by Gasteiger charge is 2.35. The first kappa shape index (κ1) is 14.0. The van der Waals surface area contributed by atoms with E-state index in [9.17, 15) is 22.0 Å². The third-order valence-electron chi connectivity index (χ3n) is 1.73. The molecule has 98 valence electrons. The van der Waals surface area contributed by atoms with E-state index >= 15 is 0 Å². The summed E-state index contributed by atoms with van der Waals surface area (Å²) in [5.74, 6) is -1.72. The molecule has 0 aliphatic carbocycles. The molecule has 0 saturated carbocycles. The second-order valence-electron chi connectivity index (χ2n) is 2.89. The molecule has 1 rings (SSSR count). The molecule has 0 fully saturated rings. The van der Waals surface area contributed by atoms with Gasteiger partial charge in [0.1, 0.15) is 11.6 Å². The van der Waals surface area contributed by atoms with Gasteiger partial charge < -0.3 is 9.47 Å². The summed E-state index contributed by atoms with van der Waals surface area (Å²) in [7, 11) is 1.07. The Hall–Kier alpha value is -2.11. The van der Waals surface area contributed by atoms with Crippen molar-refractivity contribution in [2.45, 2.75) is 12.8 Å². The molecule has 4 nitrogen and oxygen atoms in total. The minimum atomic E-state index is -5.20. The van der Waals surface area contributed by atoms with Gasteiger partial charge in [-0.1, -0.05) is 0 Å². The van der Waals surface area contributed by atoms with E-state index < -0.39 is 35.7 Å². The van der Waals surface area contributed by atoms with Gasteiger partial charge in [-0.25, -0.2) is 13.8 Å². The fraction of sp³-hybridized carbons (Fsp3) is 0.333. The minimum Gasteiger partial charge on any atom is -0.481 e. The standard InChI is InChI=1S/C9H5F5N2O2/c1-17-5-2-4(3-15)7(18-9(12,13)14)6(16-5)8(10)11/h2,8H,1H3. The van der Waals surface area contributed by atoms with Crippen LogP contribution in [0, 0.1) is 11.3 Å². The van der Waals surface area contributed by atoms with E-state index in [1.54, 1.807) is 0 Å². The van der Waals surface area contributed by atoms with E-state index in [0.717, 1.165) is 13.2 Å². The second-order valence-corrected chi connectivity index (χ2v) is 2.89. The Morgan fingerprint density at radius 1 is 1.39 bits per heavy atom. The first-order valence-corrected chi connectivity index (χ1v) is 4.31. The molecule has 9 heteroatoms. The molecule has 0 aliphatic rings. The van der Waals surface area contributed by atoms with Gasteiger partial charge in [0.2, 0.25) is 5.88 Å². The van der Waals surface area contributed by atoms with E-state index in [1.807, 2.05) is 0 Å². The van der Waals surface area contributed by atoms with E-state index in [4.69, 9.17) is 5.26 Å². The van der Waals surface area contributed by atoms with Crippen LogP contribution < -0.4 is 9.47 Å². The highest BCUT2D eigenvalue weighted by molar-refractivity contribution is 5.48. The number of aromatic nitrogens is 1. The summed E-state index contributed by atoms with van der Waals surface area (Å²) in [4.78, 5) is 3.14. The Bertz CT molecular complexity index is 481. The summed E-state index contributed by atoms with van der Waals surface area (Å²) in [6.45, 7) is 0. The summed E-state index contributed by atoms with van der Waals surface area (Å²) >= 11 is 0. The number of rotatable bonds is 3. The summed E-state index contributed by atoms with van der Waals surface area (Å²) < 4.78 is 69.2. The molecule has 0 radical (unpaired) electrons. The summed E-state index contributed by atoms with van der Waals surface area (Å²) in [6, 6.07) is 2.08. The molecule has 0 unspecified atom stereocenters. The van der Waals surface area contributed by atoms with Crippen LogP contribution in [0.4, 0.5) is 22.0 Å². The first-order valence-electron chi connectivity index (χ1n) is 4.31. The molecule has 0 bridgehead atoms. The number of methoxy groups -OCH3 is 1. The molecule has 0 aromatic carbocycles. The average molecular weight is 268 g/mol. The van der Waals surface area contributed by atoms with Crippen molar-refractivity contribution in [1.82, 2.24) is 4.98 Å². The van der Waals surface area contributed by atoms with Crippen LogP contribution in [-0.4, -0.2) is 18.5 Å². The number of nitriles is 1. The van der Waals surface area contributed by atoms with Crippen LogP contribution in [0.15, 0.2) is 6.07 Å². The fourth-order valence-corrected chi connectivity index (χ4v) is 1.09. The van der Waals surface area contributed by atoms with Gasteiger partial charge >= 0.3 is 6.36 Å². The normalized spacial score (nSPS) is 11.2. The van der Waals surface area contributed by atoms with Crippen molar-refractivity contribution in [3.8, 4) is 17.7 Å². The van der Waals surface area contributed by atoms with Crippen LogP contribution in [0.2, 0.25) is 0 Å². The van der Waals surface area contributed by atoms with Crippen LogP contribution in [0.5, 0.6) is 11.6 Å². The summed E-state index contributed by atoms with van der Waals surface area (Å²) in [6.07, 6.45) is -8.55. The Balaban J connectivity index is 3.41. The summed E-state index contributed by atoms with van der Waals surface area (Å²) in [5, 5.41) is 8.62. The predicted octanol–water partition coefficient (Wildman–Crippen LogP) is 2.80. The van der Waals surface area contributed by atoms with Gasteiger partial charge in [0, 0.05) is 6.07 Å². The fourth-order valence-electron chi connectivity index (χ4n) is 1.09. The molecule has 0 amide bonds. The first-order chi connectivity index (χ1) is 8.28. The molecule has 18 heavy (non-hydrogen) atoms. The minimum absolute atomic E-state index is 0.406. The maximum absolute atomic E-state index is 12.6. The number of halogens is 5. The van der Waals surface area contributed by atoms with Gasteiger partial charge in [0.15, 0.2) is 11.4 Å². The molecule has 0 spiro atoms. The van der Waals surface area contributed by atoms with Crippen molar-refractivity contribution in [2.75, 3.05) is 7.11 Å². The number of pyridine rings is 1. The van der Waals surface area contributed by atoms with Crippen LogP contribution >= 0.6 is 0 Å². The van der Waals surface area contributed by atoms with Gasteiger partial charge in [0.25, 0.3) is 6.43 Å². The third kappa shape index (κ3) is 3.19. The maximum Gasteiger partial charge on any atom is 0.573 e. The Morgan fingerprint density at radius 3 is 2.39 bits per heavy atom. The largest absolute Gasteiger partial charge is 0.573 e. The average Bonchev–Trinajstić information content (AvgIpc) is 2.26. The van der Waals surface area contributed by atoms with Gasteiger partial charge in [-0.3, -0.25) is 0 Å². The molecule has 0 N–H and O–H groups in total. The van der Waals surface area contributed by atoms with E-state index in [1.165, 1.54) is 6.07 Å².